The minimum Gasteiger partial charge on any atom is -0.310 e. The molecule has 1 fully saturated rings. The van der Waals surface area contributed by atoms with Gasteiger partial charge < -0.3 is 4.90 Å². The smallest absolute Gasteiger partial charge is 0.307 e. The van der Waals surface area contributed by atoms with E-state index in [4.69, 9.17) is 0 Å². The van der Waals surface area contributed by atoms with E-state index in [-0.39, 0.29) is 13.0 Å². The van der Waals surface area contributed by atoms with Gasteiger partial charge in [0, 0.05) is 30.7 Å². The van der Waals surface area contributed by atoms with E-state index in [1.165, 1.54) is 4.90 Å². The molecule has 2 heterocycles. The summed E-state index contributed by atoms with van der Waals surface area (Å²) in [6, 6.07) is 7.13. The Labute approximate surface area is 115 Å². The van der Waals surface area contributed by atoms with Crippen LogP contribution in [0.15, 0.2) is 36.7 Å². The van der Waals surface area contributed by atoms with E-state index in [0.717, 1.165) is 10.8 Å². The van der Waals surface area contributed by atoms with Crippen LogP contribution in [-0.2, 0) is 15.0 Å². The Bertz CT molecular complexity index is 786. The fourth-order valence-electron chi connectivity index (χ4n) is 2.43. The molecule has 1 unspecified atom stereocenters. The van der Waals surface area contributed by atoms with Crippen molar-refractivity contribution in [2.45, 2.75) is 11.7 Å². The first-order chi connectivity index (χ1) is 9.47. The number of rotatable bonds is 2. The summed E-state index contributed by atoms with van der Waals surface area (Å²) in [5.74, 6) is -0.396. The first-order valence-electron chi connectivity index (χ1n) is 6.03. The third-order valence-corrected chi connectivity index (χ3v) is 4.55. The normalized spacial score (nSPS) is 19.8. The highest BCUT2D eigenvalue weighted by Gasteiger charge is 2.39. The van der Waals surface area contributed by atoms with Gasteiger partial charge in [0.05, 0.1) is 5.69 Å². The molecule has 104 valence electrons. The number of hydrogen-bond acceptors (Lipinski definition) is 4. The molecule has 7 heteroatoms. The van der Waals surface area contributed by atoms with E-state index in [1.807, 2.05) is 6.07 Å². The highest BCUT2D eigenvalue weighted by atomic mass is 32.3. The van der Waals surface area contributed by atoms with Gasteiger partial charge in [-0.25, -0.2) is 0 Å². The Kier molecular flexibility index (Phi) is 2.93. The lowest BCUT2D eigenvalue weighted by Gasteiger charge is -2.18. The number of benzene rings is 1. The molecule has 1 aliphatic heterocycles. The van der Waals surface area contributed by atoms with Crippen LogP contribution in [0, 0.1) is 0 Å². The molecular formula is C13H11FN2O3S. The fourth-order valence-corrected chi connectivity index (χ4v) is 3.10. The van der Waals surface area contributed by atoms with E-state index in [0.29, 0.717) is 5.69 Å². The van der Waals surface area contributed by atoms with Crippen LogP contribution in [0.3, 0.4) is 0 Å². The molecule has 20 heavy (non-hydrogen) atoms. The second-order valence-electron chi connectivity index (χ2n) is 4.68. The molecule has 1 aromatic heterocycles. The third kappa shape index (κ3) is 2.14. The molecule has 0 spiro atoms. The van der Waals surface area contributed by atoms with Crippen LogP contribution in [0.1, 0.15) is 6.42 Å². The molecular weight excluding hydrogens is 283 g/mol. The van der Waals surface area contributed by atoms with Crippen molar-refractivity contribution in [1.29, 1.82) is 0 Å². The number of hydrogen-bond donors (Lipinski definition) is 0. The molecule has 1 atom stereocenters. The summed E-state index contributed by atoms with van der Waals surface area (Å²) in [6.45, 7) is -0.161. The maximum atomic E-state index is 13.1. The van der Waals surface area contributed by atoms with Crippen molar-refractivity contribution in [3.63, 3.8) is 0 Å². The van der Waals surface area contributed by atoms with E-state index in [2.05, 4.69) is 4.98 Å². The van der Waals surface area contributed by atoms with Crippen LogP contribution in [0.25, 0.3) is 10.8 Å². The predicted octanol–water partition coefficient (Wildman–Crippen LogP) is 1.64. The van der Waals surface area contributed by atoms with E-state index >= 15 is 0 Å². The fraction of sp³-hybridized carbons (Fsp3) is 0.231. The largest absolute Gasteiger partial charge is 0.310 e. The second kappa shape index (κ2) is 4.52. The molecule has 1 aliphatic rings. The third-order valence-electron chi connectivity index (χ3n) is 3.44. The summed E-state index contributed by atoms with van der Waals surface area (Å²) in [5.41, 5.74) is 0.562. The molecule has 5 nitrogen and oxygen atoms in total. The van der Waals surface area contributed by atoms with E-state index < -0.39 is 21.4 Å². The lowest BCUT2D eigenvalue weighted by molar-refractivity contribution is -0.117. The quantitative estimate of drug-likeness (QED) is 0.790. The molecule has 0 N–H and O–H groups in total. The Morgan fingerprint density at radius 2 is 2.10 bits per heavy atom. The molecule has 1 aromatic carbocycles. The summed E-state index contributed by atoms with van der Waals surface area (Å²) in [7, 11) is -4.71. The number of anilines is 1. The molecule has 0 bridgehead atoms. The van der Waals surface area contributed by atoms with Gasteiger partial charge in [0.25, 0.3) is 0 Å². The molecule has 1 saturated heterocycles. The minimum atomic E-state index is -4.71. The number of aromatic nitrogens is 1. The van der Waals surface area contributed by atoms with Crippen molar-refractivity contribution in [3.05, 3.63) is 36.7 Å². The van der Waals surface area contributed by atoms with Crippen molar-refractivity contribution < 1.29 is 17.1 Å². The highest BCUT2D eigenvalue weighted by Crippen LogP contribution is 2.31. The van der Waals surface area contributed by atoms with Gasteiger partial charge in [-0.05, 0) is 17.5 Å². The highest BCUT2D eigenvalue weighted by molar-refractivity contribution is 7.87. The number of carbonyl (C=O) groups excluding carboxylic acids is 1. The number of pyridine rings is 1. The first-order valence-corrected chi connectivity index (χ1v) is 7.48. The molecule has 2 aromatic rings. The van der Waals surface area contributed by atoms with Gasteiger partial charge >= 0.3 is 10.2 Å². The van der Waals surface area contributed by atoms with Gasteiger partial charge in [-0.2, -0.15) is 8.42 Å². The molecule has 3 rings (SSSR count). The monoisotopic (exact) mass is 294 g/mol. The van der Waals surface area contributed by atoms with Crippen molar-refractivity contribution in [2.75, 3.05) is 11.4 Å². The summed E-state index contributed by atoms with van der Waals surface area (Å²) >= 11 is 0. The summed E-state index contributed by atoms with van der Waals surface area (Å²) < 4.78 is 35.0. The van der Waals surface area contributed by atoms with Crippen molar-refractivity contribution in [2.24, 2.45) is 0 Å². The second-order valence-corrected chi connectivity index (χ2v) is 6.30. The van der Waals surface area contributed by atoms with Crippen LogP contribution < -0.4 is 4.90 Å². The summed E-state index contributed by atoms with van der Waals surface area (Å²) in [6.07, 6.45) is 2.91. The van der Waals surface area contributed by atoms with Gasteiger partial charge in [0.15, 0.2) is 0 Å². The van der Waals surface area contributed by atoms with Crippen LogP contribution in [0.5, 0.6) is 0 Å². The van der Waals surface area contributed by atoms with Gasteiger partial charge in [0.2, 0.25) is 5.91 Å². The maximum Gasteiger partial charge on any atom is 0.307 e. The Morgan fingerprint density at radius 1 is 1.30 bits per heavy atom. The van der Waals surface area contributed by atoms with Crippen molar-refractivity contribution >= 4 is 32.6 Å². The molecule has 0 saturated carbocycles. The lowest BCUT2D eigenvalue weighted by Crippen LogP contribution is -2.27. The zero-order chi connectivity index (χ0) is 14.3. The van der Waals surface area contributed by atoms with Gasteiger partial charge in [-0.1, -0.05) is 12.1 Å². The number of fused-ring (bicyclic) bond motifs is 1. The molecule has 0 aliphatic carbocycles. The van der Waals surface area contributed by atoms with Gasteiger partial charge in [-0.15, -0.1) is 3.89 Å². The molecule has 1 amide bonds. The van der Waals surface area contributed by atoms with E-state index in [9.17, 15) is 17.1 Å². The average Bonchev–Trinajstić information content (AvgIpc) is 2.80. The molecule has 0 radical (unpaired) electrons. The number of nitrogens with zero attached hydrogens (tertiary/aromatic N) is 2. The summed E-state index contributed by atoms with van der Waals surface area (Å²) in [5, 5.41) is 0.332. The number of carbonyl (C=O) groups is 1. The van der Waals surface area contributed by atoms with Gasteiger partial charge in [0.1, 0.15) is 5.25 Å². The van der Waals surface area contributed by atoms with Crippen molar-refractivity contribution in [3.8, 4) is 0 Å². The minimum absolute atomic E-state index is 0.161. The SMILES string of the molecule is O=C1CC(S(=O)(=O)F)CN1c1cccc2ccncc12. The zero-order valence-electron chi connectivity index (χ0n) is 10.4. The first kappa shape index (κ1) is 13.0. The lowest BCUT2D eigenvalue weighted by atomic mass is 10.1. The van der Waals surface area contributed by atoms with Crippen LogP contribution in [-0.4, -0.2) is 31.1 Å². The Morgan fingerprint density at radius 3 is 2.80 bits per heavy atom. The zero-order valence-corrected chi connectivity index (χ0v) is 11.2. The van der Waals surface area contributed by atoms with Crippen LogP contribution >= 0.6 is 0 Å². The van der Waals surface area contributed by atoms with Crippen LogP contribution in [0.4, 0.5) is 9.57 Å². The number of amides is 1. The van der Waals surface area contributed by atoms with Crippen LogP contribution in [0.2, 0.25) is 0 Å². The standard InChI is InChI=1S/C13H11FN2O3S/c14-20(18,19)10-6-13(17)16(8-10)12-3-1-2-9-4-5-15-7-11(9)12/h1-5,7,10H,6,8H2. The Balaban J connectivity index is 2.06. The van der Waals surface area contributed by atoms with Crippen molar-refractivity contribution in [1.82, 2.24) is 4.98 Å². The topological polar surface area (TPSA) is 67.3 Å². The summed E-state index contributed by atoms with van der Waals surface area (Å²) in [4.78, 5) is 17.3. The number of halogens is 1. The van der Waals surface area contributed by atoms with E-state index in [1.54, 1.807) is 30.6 Å². The maximum absolute atomic E-state index is 13.1. The Hall–Kier alpha value is -2.02. The van der Waals surface area contributed by atoms with Gasteiger partial charge in [-0.3, -0.25) is 9.78 Å². The average molecular weight is 294 g/mol. The predicted molar refractivity (Wildman–Crippen MR) is 72.5 cm³/mol.